The van der Waals surface area contributed by atoms with Gasteiger partial charge in [-0.25, -0.2) is 9.59 Å². The first kappa shape index (κ1) is 17.0. The van der Waals surface area contributed by atoms with Gasteiger partial charge in [0.25, 0.3) is 0 Å². The molecule has 0 aliphatic rings. The molecule has 1 aromatic carbocycles. The Morgan fingerprint density at radius 2 is 1.76 bits per heavy atom. The summed E-state index contributed by atoms with van der Waals surface area (Å²) in [5.74, 6) is -0.249. The number of carbonyl (C=O) groups excluding carboxylic acids is 1. The summed E-state index contributed by atoms with van der Waals surface area (Å²) in [5, 5.41) is 14.4. The summed E-state index contributed by atoms with van der Waals surface area (Å²) in [6.45, 7) is 5.44. The number of benzene rings is 1. The Kier molecular flexibility index (Phi) is 7.29. The molecule has 0 unspecified atom stereocenters. The van der Waals surface area contributed by atoms with Crippen LogP contribution in [0.4, 0.5) is 4.79 Å². The van der Waals surface area contributed by atoms with Crippen LogP contribution in [0.25, 0.3) is 0 Å². The maximum Gasteiger partial charge on any atom is 0.335 e. The third-order valence-corrected chi connectivity index (χ3v) is 3.15. The lowest BCUT2D eigenvalue weighted by molar-refractivity contribution is 0.0697. The van der Waals surface area contributed by atoms with Crippen molar-refractivity contribution in [1.29, 1.82) is 0 Å². The van der Waals surface area contributed by atoms with Crippen LogP contribution in [0.5, 0.6) is 0 Å². The van der Waals surface area contributed by atoms with Gasteiger partial charge in [-0.15, -0.1) is 0 Å². The maximum absolute atomic E-state index is 11.6. The minimum atomic E-state index is -0.950. The summed E-state index contributed by atoms with van der Waals surface area (Å²) in [5.41, 5.74) is 1.11. The molecule has 0 radical (unpaired) electrons. The zero-order valence-electron chi connectivity index (χ0n) is 12.7. The van der Waals surface area contributed by atoms with Crippen molar-refractivity contribution in [2.45, 2.75) is 39.7 Å². The highest BCUT2D eigenvalue weighted by Crippen LogP contribution is 2.05. The standard InChI is InChI=1S/C16H24N2O3/c1-12(2)5-3-4-10-17-16(21)18-11-13-6-8-14(9-7-13)15(19)20/h6-9,12H,3-5,10-11H2,1-2H3,(H,19,20)(H2,17,18,21). The molecule has 2 amide bonds. The fourth-order valence-corrected chi connectivity index (χ4v) is 1.89. The molecule has 0 aromatic heterocycles. The molecular formula is C16H24N2O3. The van der Waals surface area contributed by atoms with Gasteiger partial charge in [0.1, 0.15) is 0 Å². The highest BCUT2D eigenvalue weighted by atomic mass is 16.4. The van der Waals surface area contributed by atoms with Crippen molar-refractivity contribution in [2.75, 3.05) is 6.54 Å². The quantitative estimate of drug-likeness (QED) is 0.644. The van der Waals surface area contributed by atoms with E-state index < -0.39 is 5.97 Å². The van der Waals surface area contributed by atoms with Gasteiger partial charge in [0.2, 0.25) is 0 Å². The molecule has 0 atom stereocenters. The number of carbonyl (C=O) groups is 2. The van der Waals surface area contributed by atoms with E-state index in [-0.39, 0.29) is 11.6 Å². The second kappa shape index (κ2) is 9.00. The molecule has 5 heteroatoms. The molecule has 5 nitrogen and oxygen atoms in total. The second-order valence-electron chi connectivity index (χ2n) is 5.50. The molecule has 0 heterocycles. The largest absolute Gasteiger partial charge is 0.478 e. The number of amides is 2. The van der Waals surface area contributed by atoms with Gasteiger partial charge in [-0.2, -0.15) is 0 Å². The van der Waals surface area contributed by atoms with Gasteiger partial charge in [-0.05, 0) is 30.0 Å². The van der Waals surface area contributed by atoms with Crippen LogP contribution in [0.1, 0.15) is 49.0 Å². The van der Waals surface area contributed by atoms with Gasteiger partial charge in [0.05, 0.1) is 5.56 Å². The first-order valence-corrected chi connectivity index (χ1v) is 7.33. The normalized spacial score (nSPS) is 10.4. The number of aromatic carboxylic acids is 1. The second-order valence-corrected chi connectivity index (χ2v) is 5.50. The molecular weight excluding hydrogens is 268 g/mol. The first-order valence-electron chi connectivity index (χ1n) is 7.33. The predicted molar refractivity (Wildman–Crippen MR) is 82.3 cm³/mol. The lowest BCUT2D eigenvalue weighted by Crippen LogP contribution is -2.35. The van der Waals surface area contributed by atoms with Crippen molar-refractivity contribution in [1.82, 2.24) is 10.6 Å². The Labute approximate surface area is 125 Å². The summed E-state index contributed by atoms with van der Waals surface area (Å²) in [6, 6.07) is 6.27. The minimum Gasteiger partial charge on any atom is -0.478 e. The van der Waals surface area contributed by atoms with E-state index >= 15 is 0 Å². The summed E-state index contributed by atoms with van der Waals surface area (Å²) >= 11 is 0. The third kappa shape index (κ3) is 7.34. The number of rotatable bonds is 8. The molecule has 0 saturated carbocycles. The number of unbranched alkanes of at least 4 members (excludes halogenated alkanes) is 1. The number of carboxylic acids is 1. The van der Waals surface area contributed by atoms with Gasteiger partial charge in [-0.1, -0.05) is 38.8 Å². The van der Waals surface area contributed by atoms with Gasteiger partial charge in [0, 0.05) is 13.1 Å². The number of carboxylic acid groups (broad SMARTS) is 1. The Morgan fingerprint density at radius 1 is 1.10 bits per heavy atom. The van der Waals surface area contributed by atoms with E-state index in [1.54, 1.807) is 12.1 Å². The van der Waals surface area contributed by atoms with Gasteiger partial charge in [0.15, 0.2) is 0 Å². The maximum atomic E-state index is 11.6. The summed E-state index contributed by atoms with van der Waals surface area (Å²) in [6.07, 6.45) is 3.28. The van der Waals surface area contributed by atoms with Crippen LogP contribution >= 0.6 is 0 Å². The molecule has 0 saturated heterocycles. The Bertz CT molecular complexity index is 455. The van der Waals surface area contributed by atoms with Crippen molar-refractivity contribution in [3.05, 3.63) is 35.4 Å². The fourth-order valence-electron chi connectivity index (χ4n) is 1.89. The third-order valence-electron chi connectivity index (χ3n) is 3.15. The lowest BCUT2D eigenvalue weighted by Gasteiger charge is -2.08. The number of hydrogen-bond acceptors (Lipinski definition) is 2. The van der Waals surface area contributed by atoms with Gasteiger partial charge < -0.3 is 15.7 Å². The topological polar surface area (TPSA) is 78.4 Å². The number of hydrogen-bond donors (Lipinski definition) is 3. The minimum absolute atomic E-state index is 0.193. The van der Waals surface area contributed by atoms with E-state index in [0.29, 0.717) is 19.0 Å². The summed E-state index contributed by atoms with van der Waals surface area (Å²) in [4.78, 5) is 22.3. The number of urea groups is 1. The molecule has 3 N–H and O–H groups in total. The van der Waals surface area contributed by atoms with E-state index in [0.717, 1.165) is 18.4 Å². The van der Waals surface area contributed by atoms with Crippen molar-refractivity contribution in [3.8, 4) is 0 Å². The molecule has 1 aromatic rings. The van der Waals surface area contributed by atoms with Crippen LogP contribution in [-0.4, -0.2) is 23.7 Å². The zero-order chi connectivity index (χ0) is 15.7. The zero-order valence-corrected chi connectivity index (χ0v) is 12.7. The van der Waals surface area contributed by atoms with Crippen molar-refractivity contribution in [3.63, 3.8) is 0 Å². The first-order chi connectivity index (χ1) is 9.99. The van der Waals surface area contributed by atoms with E-state index in [4.69, 9.17) is 5.11 Å². The lowest BCUT2D eigenvalue weighted by atomic mass is 10.1. The molecule has 21 heavy (non-hydrogen) atoms. The smallest absolute Gasteiger partial charge is 0.335 e. The van der Waals surface area contributed by atoms with Crippen LogP contribution in [-0.2, 0) is 6.54 Å². The monoisotopic (exact) mass is 292 g/mol. The van der Waals surface area contributed by atoms with E-state index in [1.165, 1.54) is 18.6 Å². The Morgan fingerprint density at radius 3 is 2.33 bits per heavy atom. The SMILES string of the molecule is CC(C)CCCCNC(=O)NCc1ccc(C(=O)O)cc1. The van der Waals surface area contributed by atoms with E-state index in [9.17, 15) is 9.59 Å². The molecule has 116 valence electrons. The van der Waals surface area contributed by atoms with Gasteiger partial charge in [-0.3, -0.25) is 0 Å². The highest BCUT2D eigenvalue weighted by molar-refractivity contribution is 5.87. The van der Waals surface area contributed by atoms with Crippen molar-refractivity contribution < 1.29 is 14.7 Å². The fraction of sp³-hybridized carbons (Fsp3) is 0.500. The highest BCUT2D eigenvalue weighted by Gasteiger charge is 2.03. The summed E-state index contributed by atoms with van der Waals surface area (Å²) in [7, 11) is 0. The van der Waals surface area contributed by atoms with Crippen LogP contribution in [0.3, 0.4) is 0 Å². The predicted octanol–water partition coefficient (Wildman–Crippen LogP) is 3.01. The van der Waals surface area contributed by atoms with Crippen LogP contribution in [0, 0.1) is 5.92 Å². The van der Waals surface area contributed by atoms with E-state index in [2.05, 4.69) is 24.5 Å². The molecule has 0 spiro atoms. The molecule has 0 aliphatic carbocycles. The van der Waals surface area contributed by atoms with Crippen molar-refractivity contribution in [2.24, 2.45) is 5.92 Å². The number of nitrogens with one attached hydrogen (secondary N) is 2. The van der Waals surface area contributed by atoms with E-state index in [1.807, 2.05) is 0 Å². The van der Waals surface area contributed by atoms with Crippen molar-refractivity contribution >= 4 is 12.0 Å². The average molecular weight is 292 g/mol. The Hall–Kier alpha value is -2.04. The molecule has 1 rings (SSSR count). The van der Waals surface area contributed by atoms with Crippen LogP contribution in [0.2, 0.25) is 0 Å². The average Bonchev–Trinajstić information content (AvgIpc) is 2.44. The Balaban J connectivity index is 2.19. The molecule has 0 bridgehead atoms. The summed E-state index contributed by atoms with van der Waals surface area (Å²) < 4.78 is 0. The molecule has 0 fully saturated rings. The van der Waals surface area contributed by atoms with Crippen LogP contribution < -0.4 is 10.6 Å². The van der Waals surface area contributed by atoms with Gasteiger partial charge >= 0.3 is 12.0 Å². The van der Waals surface area contributed by atoms with Crippen LogP contribution in [0.15, 0.2) is 24.3 Å². The molecule has 0 aliphatic heterocycles.